The van der Waals surface area contributed by atoms with E-state index < -0.39 is 11.9 Å². The maximum atomic E-state index is 12.8. The Labute approximate surface area is 145 Å². The summed E-state index contributed by atoms with van der Waals surface area (Å²) in [6, 6.07) is 1.82. The first-order valence-corrected chi connectivity index (χ1v) is 8.12. The third kappa shape index (κ3) is 4.83. The largest absolute Gasteiger partial charge is 0.436 e. The van der Waals surface area contributed by atoms with E-state index in [1.54, 1.807) is 10.9 Å². The van der Waals surface area contributed by atoms with Crippen LogP contribution in [0.4, 0.5) is 13.2 Å². The smallest absolute Gasteiger partial charge is 0.356 e. The number of alkyl halides is 3. The van der Waals surface area contributed by atoms with Gasteiger partial charge in [-0.2, -0.15) is 23.4 Å². The standard InChI is InChI=1S/C14H17BrF3N5O/c1-10-12(15)13(14(16,17)18)21-23(10)9-4-11(24)19-5-2-7-22-8-3-6-20-22/h3,6,8H,2,4-5,7,9H2,1H3,(H,19,24). The van der Waals surface area contributed by atoms with Gasteiger partial charge in [0.25, 0.3) is 0 Å². The highest BCUT2D eigenvalue weighted by Crippen LogP contribution is 2.35. The molecule has 0 atom stereocenters. The van der Waals surface area contributed by atoms with E-state index in [1.165, 1.54) is 11.6 Å². The summed E-state index contributed by atoms with van der Waals surface area (Å²) in [5, 5.41) is 10.3. The van der Waals surface area contributed by atoms with Crippen molar-refractivity contribution >= 4 is 21.8 Å². The Morgan fingerprint density at radius 3 is 2.71 bits per heavy atom. The van der Waals surface area contributed by atoms with Crippen molar-refractivity contribution in [2.75, 3.05) is 6.54 Å². The van der Waals surface area contributed by atoms with E-state index in [0.717, 1.165) is 6.42 Å². The second-order valence-corrected chi connectivity index (χ2v) is 5.98. The summed E-state index contributed by atoms with van der Waals surface area (Å²) in [7, 11) is 0. The maximum Gasteiger partial charge on any atom is 0.436 e. The molecule has 0 aliphatic carbocycles. The van der Waals surface area contributed by atoms with Crippen molar-refractivity contribution in [1.29, 1.82) is 0 Å². The van der Waals surface area contributed by atoms with Crippen LogP contribution < -0.4 is 5.32 Å². The molecule has 2 aromatic rings. The SMILES string of the molecule is Cc1c(Br)c(C(F)(F)F)nn1CCC(=O)NCCCn1cccn1. The summed E-state index contributed by atoms with van der Waals surface area (Å²) < 4.78 is 41.2. The predicted molar refractivity (Wildman–Crippen MR) is 84.1 cm³/mol. The first-order chi connectivity index (χ1) is 11.3. The zero-order valence-electron chi connectivity index (χ0n) is 13.0. The molecule has 0 fully saturated rings. The highest BCUT2D eigenvalue weighted by atomic mass is 79.9. The van der Waals surface area contributed by atoms with Gasteiger partial charge in [0.2, 0.25) is 5.91 Å². The molecule has 0 aromatic carbocycles. The van der Waals surface area contributed by atoms with Gasteiger partial charge in [-0.25, -0.2) is 0 Å². The molecule has 0 aliphatic heterocycles. The lowest BCUT2D eigenvalue weighted by Crippen LogP contribution is -2.26. The number of aryl methyl sites for hydroxylation is 2. The van der Waals surface area contributed by atoms with Crippen LogP contribution in [0.3, 0.4) is 0 Å². The molecule has 6 nitrogen and oxygen atoms in total. The lowest BCUT2D eigenvalue weighted by molar-refractivity contribution is -0.142. The van der Waals surface area contributed by atoms with Gasteiger partial charge in [0.1, 0.15) is 0 Å². The number of nitrogens with zero attached hydrogens (tertiary/aromatic N) is 4. The van der Waals surface area contributed by atoms with Crippen LogP contribution in [0.1, 0.15) is 24.2 Å². The van der Waals surface area contributed by atoms with E-state index in [1.807, 2.05) is 12.3 Å². The fourth-order valence-corrected chi connectivity index (χ4v) is 2.63. The van der Waals surface area contributed by atoms with E-state index in [-0.39, 0.29) is 23.3 Å². The van der Waals surface area contributed by atoms with Crippen LogP contribution in [-0.4, -0.2) is 32.0 Å². The number of carbonyl (C=O) groups is 1. The number of hydrogen-bond donors (Lipinski definition) is 1. The van der Waals surface area contributed by atoms with Crippen molar-refractivity contribution in [3.8, 4) is 0 Å². The summed E-state index contributed by atoms with van der Waals surface area (Å²) in [4.78, 5) is 11.8. The van der Waals surface area contributed by atoms with Gasteiger partial charge < -0.3 is 5.32 Å². The fourth-order valence-electron chi connectivity index (χ4n) is 2.12. The van der Waals surface area contributed by atoms with Gasteiger partial charge in [0, 0.05) is 31.9 Å². The second-order valence-electron chi connectivity index (χ2n) is 5.19. The van der Waals surface area contributed by atoms with Crippen LogP contribution in [0.15, 0.2) is 22.9 Å². The van der Waals surface area contributed by atoms with Crippen molar-refractivity contribution in [3.05, 3.63) is 34.3 Å². The molecule has 24 heavy (non-hydrogen) atoms. The van der Waals surface area contributed by atoms with Gasteiger partial charge in [-0.3, -0.25) is 14.2 Å². The Hall–Kier alpha value is -1.84. The van der Waals surface area contributed by atoms with Gasteiger partial charge in [0.05, 0.1) is 16.7 Å². The second kappa shape index (κ2) is 7.82. The van der Waals surface area contributed by atoms with Gasteiger partial charge >= 0.3 is 6.18 Å². The Morgan fingerprint density at radius 1 is 1.38 bits per heavy atom. The van der Waals surface area contributed by atoms with Crippen molar-refractivity contribution in [1.82, 2.24) is 24.9 Å². The molecule has 10 heteroatoms. The third-order valence-electron chi connectivity index (χ3n) is 3.40. The number of carbonyl (C=O) groups excluding carboxylic acids is 1. The Kier molecular flexibility index (Phi) is 6.03. The zero-order chi connectivity index (χ0) is 17.7. The summed E-state index contributed by atoms with van der Waals surface area (Å²) in [6.45, 7) is 2.78. The monoisotopic (exact) mass is 407 g/mol. The van der Waals surface area contributed by atoms with Crippen molar-refractivity contribution in [2.45, 2.75) is 39.0 Å². The number of nitrogens with one attached hydrogen (secondary N) is 1. The molecule has 0 bridgehead atoms. The molecule has 0 spiro atoms. The molecule has 0 unspecified atom stereocenters. The number of amides is 1. The molecule has 1 amide bonds. The van der Waals surface area contributed by atoms with E-state index in [0.29, 0.717) is 18.8 Å². The summed E-state index contributed by atoms with van der Waals surface area (Å²) in [6.07, 6.45) is -0.230. The molecule has 1 N–H and O–H groups in total. The van der Waals surface area contributed by atoms with Crippen LogP contribution in [-0.2, 0) is 24.1 Å². The first-order valence-electron chi connectivity index (χ1n) is 7.33. The Bertz CT molecular complexity index is 681. The molecule has 2 rings (SSSR count). The average Bonchev–Trinajstić information content (AvgIpc) is 3.11. The molecular weight excluding hydrogens is 391 g/mol. The molecule has 0 saturated heterocycles. The molecule has 0 saturated carbocycles. The van der Waals surface area contributed by atoms with Crippen molar-refractivity contribution in [3.63, 3.8) is 0 Å². The lowest BCUT2D eigenvalue weighted by atomic mass is 10.3. The zero-order valence-corrected chi connectivity index (χ0v) is 14.6. The van der Waals surface area contributed by atoms with Crippen LogP contribution in [0.5, 0.6) is 0 Å². The maximum absolute atomic E-state index is 12.8. The summed E-state index contributed by atoms with van der Waals surface area (Å²) in [5.41, 5.74) is -0.631. The third-order valence-corrected chi connectivity index (χ3v) is 4.35. The molecule has 2 aromatic heterocycles. The van der Waals surface area contributed by atoms with E-state index >= 15 is 0 Å². The summed E-state index contributed by atoms with van der Waals surface area (Å²) >= 11 is 2.90. The number of rotatable bonds is 7. The van der Waals surface area contributed by atoms with Crippen LogP contribution in [0, 0.1) is 6.92 Å². The van der Waals surface area contributed by atoms with E-state index in [2.05, 4.69) is 31.4 Å². The van der Waals surface area contributed by atoms with Gasteiger partial charge in [-0.1, -0.05) is 0 Å². The fraction of sp³-hybridized carbons (Fsp3) is 0.500. The molecule has 0 aliphatic rings. The predicted octanol–water partition coefficient (Wildman–Crippen LogP) is 2.77. The first kappa shape index (κ1) is 18.5. The minimum absolute atomic E-state index is 0.0635. The number of halogens is 4. The quantitative estimate of drug-likeness (QED) is 0.717. The summed E-state index contributed by atoms with van der Waals surface area (Å²) in [5.74, 6) is -0.227. The van der Waals surface area contributed by atoms with Crippen LogP contribution >= 0.6 is 15.9 Å². The minimum atomic E-state index is -4.52. The molecule has 0 radical (unpaired) electrons. The normalized spacial score (nSPS) is 11.7. The topological polar surface area (TPSA) is 64.7 Å². The highest BCUT2D eigenvalue weighted by Gasteiger charge is 2.37. The highest BCUT2D eigenvalue weighted by molar-refractivity contribution is 9.10. The Balaban J connectivity index is 1.77. The number of aromatic nitrogens is 4. The Morgan fingerprint density at radius 2 is 2.12 bits per heavy atom. The van der Waals surface area contributed by atoms with Crippen molar-refractivity contribution in [2.24, 2.45) is 0 Å². The number of hydrogen-bond acceptors (Lipinski definition) is 3. The van der Waals surface area contributed by atoms with E-state index in [9.17, 15) is 18.0 Å². The van der Waals surface area contributed by atoms with Crippen LogP contribution in [0.25, 0.3) is 0 Å². The molecule has 132 valence electrons. The molecular formula is C14H17BrF3N5O. The average molecular weight is 408 g/mol. The minimum Gasteiger partial charge on any atom is -0.356 e. The van der Waals surface area contributed by atoms with Crippen LogP contribution in [0.2, 0.25) is 0 Å². The van der Waals surface area contributed by atoms with Gasteiger partial charge in [0.15, 0.2) is 5.69 Å². The molecule has 2 heterocycles. The van der Waals surface area contributed by atoms with Gasteiger partial charge in [-0.05, 0) is 35.3 Å². The van der Waals surface area contributed by atoms with Crippen molar-refractivity contribution < 1.29 is 18.0 Å². The van der Waals surface area contributed by atoms with Gasteiger partial charge in [-0.15, -0.1) is 0 Å². The van der Waals surface area contributed by atoms with E-state index in [4.69, 9.17) is 0 Å². The lowest BCUT2D eigenvalue weighted by Gasteiger charge is -2.07.